The molecule has 0 aliphatic heterocycles. The van der Waals surface area contributed by atoms with Gasteiger partial charge in [0.25, 0.3) is 0 Å². The van der Waals surface area contributed by atoms with Crippen LogP contribution in [-0.2, 0) is 0 Å². The molecular formula is C11H21Cl. The monoisotopic (exact) mass is 188 g/mol. The van der Waals surface area contributed by atoms with Crippen LogP contribution in [0.25, 0.3) is 0 Å². The van der Waals surface area contributed by atoms with Crippen LogP contribution in [0.5, 0.6) is 0 Å². The SMILES string of the molecule is CC=CCCCCCCC(C)Cl. The van der Waals surface area contributed by atoms with Crippen molar-refractivity contribution in [3.05, 3.63) is 12.2 Å². The van der Waals surface area contributed by atoms with E-state index in [2.05, 4.69) is 26.0 Å². The topological polar surface area (TPSA) is 0 Å². The maximum atomic E-state index is 5.83. The average Bonchev–Trinajstić information content (AvgIpc) is 2.02. The zero-order chi connectivity index (χ0) is 9.23. The zero-order valence-electron chi connectivity index (χ0n) is 8.35. The van der Waals surface area contributed by atoms with Crippen molar-refractivity contribution in [2.45, 2.75) is 57.7 Å². The van der Waals surface area contributed by atoms with Crippen LogP contribution in [0.15, 0.2) is 12.2 Å². The molecule has 0 fully saturated rings. The fourth-order valence-corrected chi connectivity index (χ4v) is 1.36. The molecule has 0 heterocycles. The van der Waals surface area contributed by atoms with Crippen molar-refractivity contribution in [1.82, 2.24) is 0 Å². The van der Waals surface area contributed by atoms with E-state index in [0.717, 1.165) is 0 Å². The lowest BCUT2D eigenvalue weighted by Crippen LogP contribution is -1.89. The highest BCUT2D eigenvalue weighted by Gasteiger charge is 1.94. The number of unbranched alkanes of at least 4 members (excludes halogenated alkanes) is 4. The lowest BCUT2D eigenvalue weighted by molar-refractivity contribution is 0.614. The predicted octanol–water partition coefficient (Wildman–Crippen LogP) is 4.53. The van der Waals surface area contributed by atoms with E-state index in [4.69, 9.17) is 11.6 Å². The largest absolute Gasteiger partial charge is 0.123 e. The number of halogens is 1. The van der Waals surface area contributed by atoms with Gasteiger partial charge in [0.1, 0.15) is 0 Å². The van der Waals surface area contributed by atoms with E-state index in [1.807, 2.05) is 0 Å². The molecule has 0 saturated carbocycles. The maximum absolute atomic E-state index is 5.83. The van der Waals surface area contributed by atoms with Gasteiger partial charge >= 0.3 is 0 Å². The van der Waals surface area contributed by atoms with Crippen LogP contribution >= 0.6 is 11.6 Å². The van der Waals surface area contributed by atoms with E-state index in [1.54, 1.807) is 0 Å². The van der Waals surface area contributed by atoms with Gasteiger partial charge in [-0.2, -0.15) is 0 Å². The summed E-state index contributed by atoms with van der Waals surface area (Å²) in [6.45, 7) is 4.15. The second kappa shape index (κ2) is 9.12. The van der Waals surface area contributed by atoms with Gasteiger partial charge in [0.05, 0.1) is 0 Å². The molecule has 0 aromatic heterocycles. The molecule has 0 N–H and O–H groups in total. The van der Waals surface area contributed by atoms with E-state index >= 15 is 0 Å². The van der Waals surface area contributed by atoms with Gasteiger partial charge in [-0.1, -0.05) is 31.4 Å². The van der Waals surface area contributed by atoms with Gasteiger partial charge in [0.2, 0.25) is 0 Å². The number of allylic oxidation sites excluding steroid dienone is 2. The third-order valence-electron chi connectivity index (χ3n) is 1.96. The summed E-state index contributed by atoms with van der Waals surface area (Å²) >= 11 is 5.83. The smallest absolute Gasteiger partial charge is 0.0307 e. The van der Waals surface area contributed by atoms with Crippen LogP contribution < -0.4 is 0 Å². The maximum Gasteiger partial charge on any atom is 0.0307 e. The molecule has 0 bridgehead atoms. The van der Waals surface area contributed by atoms with Crippen LogP contribution in [0.2, 0.25) is 0 Å². The van der Waals surface area contributed by atoms with Crippen molar-refractivity contribution in [2.75, 3.05) is 0 Å². The lowest BCUT2D eigenvalue weighted by atomic mass is 10.1. The summed E-state index contributed by atoms with van der Waals surface area (Å²) in [6, 6.07) is 0. The third kappa shape index (κ3) is 10.0. The summed E-state index contributed by atoms with van der Waals surface area (Å²) in [7, 11) is 0. The number of hydrogen-bond donors (Lipinski definition) is 0. The Bertz CT molecular complexity index is 106. The Labute approximate surface area is 82.0 Å². The number of alkyl halides is 1. The summed E-state index contributed by atoms with van der Waals surface area (Å²) in [5.74, 6) is 0. The van der Waals surface area contributed by atoms with Crippen LogP contribution in [0.1, 0.15) is 52.4 Å². The minimum atomic E-state index is 0.362. The molecular weight excluding hydrogens is 168 g/mol. The van der Waals surface area contributed by atoms with E-state index in [-0.39, 0.29) is 0 Å². The Hall–Kier alpha value is 0.0300. The van der Waals surface area contributed by atoms with Gasteiger partial charge in [0.15, 0.2) is 0 Å². The molecule has 0 aliphatic rings. The average molecular weight is 189 g/mol. The summed E-state index contributed by atoms with van der Waals surface area (Å²) < 4.78 is 0. The number of hydrogen-bond acceptors (Lipinski definition) is 0. The first-order chi connectivity index (χ1) is 5.77. The first kappa shape index (κ1) is 12.0. The second-order valence-electron chi connectivity index (χ2n) is 3.34. The molecule has 0 nitrogen and oxygen atoms in total. The van der Waals surface area contributed by atoms with Gasteiger partial charge < -0.3 is 0 Å². The Morgan fingerprint density at radius 1 is 1.17 bits per heavy atom. The molecule has 1 unspecified atom stereocenters. The quantitative estimate of drug-likeness (QED) is 0.313. The fraction of sp³-hybridized carbons (Fsp3) is 0.818. The van der Waals surface area contributed by atoms with E-state index in [0.29, 0.717) is 5.38 Å². The molecule has 1 atom stereocenters. The Kier molecular flexibility index (Phi) is 9.14. The Morgan fingerprint density at radius 3 is 2.42 bits per heavy atom. The molecule has 0 rings (SSSR count). The minimum absolute atomic E-state index is 0.362. The molecule has 72 valence electrons. The molecule has 1 heteroatoms. The van der Waals surface area contributed by atoms with E-state index < -0.39 is 0 Å². The van der Waals surface area contributed by atoms with Crippen molar-refractivity contribution >= 4 is 11.6 Å². The van der Waals surface area contributed by atoms with Gasteiger partial charge in [-0.3, -0.25) is 0 Å². The highest BCUT2D eigenvalue weighted by atomic mass is 35.5. The zero-order valence-corrected chi connectivity index (χ0v) is 9.11. The normalized spacial score (nSPS) is 13.9. The van der Waals surface area contributed by atoms with Crippen molar-refractivity contribution < 1.29 is 0 Å². The van der Waals surface area contributed by atoms with E-state index in [1.165, 1.54) is 38.5 Å². The summed E-state index contributed by atoms with van der Waals surface area (Å²) in [5.41, 5.74) is 0. The first-order valence-electron chi connectivity index (χ1n) is 5.02. The molecule has 0 spiro atoms. The molecule has 0 aromatic rings. The van der Waals surface area contributed by atoms with E-state index in [9.17, 15) is 0 Å². The summed E-state index contributed by atoms with van der Waals surface area (Å²) in [5, 5.41) is 0.362. The molecule has 0 aliphatic carbocycles. The van der Waals surface area contributed by atoms with Gasteiger partial charge in [-0.05, 0) is 33.1 Å². The van der Waals surface area contributed by atoms with Gasteiger partial charge in [0, 0.05) is 5.38 Å². The highest BCUT2D eigenvalue weighted by molar-refractivity contribution is 6.20. The highest BCUT2D eigenvalue weighted by Crippen LogP contribution is 2.10. The Balaban J connectivity index is 2.91. The van der Waals surface area contributed by atoms with Crippen molar-refractivity contribution in [2.24, 2.45) is 0 Å². The van der Waals surface area contributed by atoms with Crippen molar-refractivity contribution in [3.63, 3.8) is 0 Å². The van der Waals surface area contributed by atoms with Crippen LogP contribution in [-0.4, -0.2) is 5.38 Å². The van der Waals surface area contributed by atoms with Gasteiger partial charge in [-0.25, -0.2) is 0 Å². The van der Waals surface area contributed by atoms with Crippen LogP contribution in [0.4, 0.5) is 0 Å². The molecule has 0 aromatic carbocycles. The minimum Gasteiger partial charge on any atom is -0.123 e. The first-order valence-corrected chi connectivity index (χ1v) is 5.46. The standard InChI is InChI=1S/C11H21Cl/c1-3-4-5-6-7-8-9-10-11(2)12/h3-4,11H,5-10H2,1-2H3. The van der Waals surface area contributed by atoms with Gasteiger partial charge in [-0.15, -0.1) is 11.6 Å². The second-order valence-corrected chi connectivity index (χ2v) is 4.09. The van der Waals surface area contributed by atoms with Crippen LogP contribution in [0, 0.1) is 0 Å². The fourth-order valence-electron chi connectivity index (χ4n) is 1.21. The molecule has 0 radical (unpaired) electrons. The summed E-state index contributed by atoms with van der Waals surface area (Å²) in [4.78, 5) is 0. The van der Waals surface area contributed by atoms with Crippen LogP contribution in [0.3, 0.4) is 0 Å². The Morgan fingerprint density at radius 2 is 1.83 bits per heavy atom. The molecule has 0 amide bonds. The predicted molar refractivity (Wildman–Crippen MR) is 57.8 cm³/mol. The molecule has 12 heavy (non-hydrogen) atoms. The lowest BCUT2D eigenvalue weighted by Gasteiger charge is -2.01. The third-order valence-corrected chi connectivity index (χ3v) is 2.18. The van der Waals surface area contributed by atoms with Crippen molar-refractivity contribution in [3.8, 4) is 0 Å². The molecule has 0 saturated heterocycles. The van der Waals surface area contributed by atoms with Crippen molar-refractivity contribution in [1.29, 1.82) is 0 Å². The summed E-state index contributed by atoms with van der Waals surface area (Å²) in [6.07, 6.45) is 12.1. The number of rotatable bonds is 7.